The molecule has 3 nitrogen and oxygen atoms in total. The maximum atomic E-state index is 12.9. The number of nitrogen functional groups attached to an aromatic ring is 1. The second-order valence-electron chi connectivity index (χ2n) is 6.06. The van der Waals surface area contributed by atoms with Gasteiger partial charge < -0.3 is 10.2 Å². The first-order valence-corrected chi connectivity index (χ1v) is 6.97. The second kappa shape index (κ2) is 3.76. The number of nitrogens with two attached hydrogens (primary N) is 1. The third kappa shape index (κ3) is 1.46. The van der Waals surface area contributed by atoms with Crippen LogP contribution in [-0.4, -0.2) is 5.78 Å². The average Bonchev–Trinajstić information content (AvgIpc) is 2.86. The van der Waals surface area contributed by atoms with Gasteiger partial charge in [-0.15, -0.1) is 0 Å². The zero-order valence-electron chi connectivity index (χ0n) is 11.9. The summed E-state index contributed by atoms with van der Waals surface area (Å²) < 4.78 is 6.01. The monoisotopic (exact) mass is 277 g/mol. The highest BCUT2D eigenvalue weighted by atomic mass is 16.3. The molecule has 0 spiro atoms. The van der Waals surface area contributed by atoms with E-state index in [1.54, 1.807) is 6.07 Å². The number of para-hydroxylation sites is 1. The number of rotatable bonds is 0. The Kier molecular flexibility index (Phi) is 2.18. The van der Waals surface area contributed by atoms with Crippen molar-refractivity contribution in [1.82, 2.24) is 0 Å². The van der Waals surface area contributed by atoms with E-state index in [0.717, 1.165) is 22.3 Å². The molecular weight excluding hydrogens is 262 g/mol. The van der Waals surface area contributed by atoms with Crippen LogP contribution >= 0.6 is 0 Å². The minimum Gasteiger partial charge on any atom is -0.459 e. The molecule has 3 aromatic rings. The number of furan rings is 1. The van der Waals surface area contributed by atoms with Crippen molar-refractivity contribution in [2.45, 2.75) is 19.3 Å². The number of carbonyl (C=O) groups excluding carboxylic acids is 1. The fraction of sp³-hybridized carbons (Fsp3) is 0.167. The lowest BCUT2D eigenvalue weighted by Gasteiger charge is -2.30. The highest BCUT2D eigenvalue weighted by Crippen LogP contribution is 2.45. The van der Waals surface area contributed by atoms with Gasteiger partial charge in [0, 0.05) is 22.1 Å². The highest BCUT2D eigenvalue weighted by molar-refractivity contribution is 6.19. The largest absolute Gasteiger partial charge is 0.459 e. The molecule has 0 unspecified atom stereocenters. The molecule has 0 fully saturated rings. The van der Waals surface area contributed by atoms with Gasteiger partial charge >= 0.3 is 0 Å². The van der Waals surface area contributed by atoms with Crippen molar-refractivity contribution < 1.29 is 9.21 Å². The third-order valence-electron chi connectivity index (χ3n) is 4.35. The Morgan fingerprint density at radius 1 is 1.10 bits per heavy atom. The molecule has 1 aromatic heterocycles. The predicted molar refractivity (Wildman–Crippen MR) is 82.6 cm³/mol. The molecule has 0 atom stereocenters. The lowest BCUT2D eigenvalue weighted by Crippen LogP contribution is -2.29. The van der Waals surface area contributed by atoms with E-state index in [4.69, 9.17) is 10.2 Å². The van der Waals surface area contributed by atoms with Gasteiger partial charge in [-0.05, 0) is 43.7 Å². The smallest absolute Gasteiger partial charge is 0.197 e. The molecule has 0 bridgehead atoms. The summed E-state index contributed by atoms with van der Waals surface area (Å²) in [6, 6.07) is 13.2. The normalized spacial score (nSPS) is 15.8. The van der Waals surface area contributed by atoms with Crippen LogP contribution in [0.1, 0.15) is 41.1 Å². The molecule has 0 radical (unpaired) electrons. The lowest BCUT2D eigenvalue weighted by atomic mass is 9.71. The van der Waals surface area contributed by atoms with Crippen molar-refractivity contribution >= 4 is 22.4 Å². The summed E-state index contributed by atoms with van der Waals surface area (Å²) in [7, 11) is 0. The number of ketones is 1. The second-order valence-corrected chi connectivity index (χ2v) is 6.06. The Morgan fingerprint density at radius 3 is 2.67 bits per heavy atom. The average molecular weight is 277 g/mol. The Bertz CT molecular complexity index is 903. The summed E-state index contributed by atoms with van der Waals surface area (Å²) in [5.74, 6) is 0.746. The Balaban J connectivity index is 2.14. The highest BCUT2D eigenvalue weighted by Gasteiger charge is 2.41. The minimum absolute atomic E-state index is 0.0178. The van der Waals surface area contributed by atoms with Gasteiger partial charge in [0.2, 0.25) is 0 Å². The van der Waals surface area contributed by atoms with E-state index < -0.39 is 0 Å². The van der Waals surface area contributed by atoms with E-state index in [1.165, 1.54) is 0 Å². The molecule has 104 valence electrons. The summed E-state index contributed by atoms with van der Waals surface area (Å²) in [5, 5.41) is 0.882. The van der Waals surface area contributed by atoms with Crippen LogP contribution in [-0.2, 0) is 5.41 Å². The van der Waals surface area contributed by atoms with Crippen LogP contribution in [0, 0.1) is 0 Å². The molecule has 0 aliphatic heterocycles. The predicted octanol–water partition coefficient (Wildman–Crippen LogP) is 3.89. The van der Waals surface area contributed by atoms with Gasteiger partial charge in [-0.1, -0.05) is 18.2 Å². The number of carbonyl (C=O) groups is 1. The van der Waals surface area contributed by atoms with E-state index in [2.05, 4.69) is 13.8 Å². The molecule has 21 heavy (non-hydrogen) atoms. The van der Waals surface area contributed by atoms with Gasteiger partial charge in [0.15, 0.2) is 5.78 Å². The summed E-state index contributed by atoms with van der Waals surface area (Å²) in [6.07, 6.45) is 0. The molecule has 2 N–H and O–H groups in total. The molecule has 3 heteroatoms. The molecule has 0 amide bonds. The van der Waals surface area contributed by atoms with E-state index >= 15 is 0 Å². The van der Waals surface area contributed by atoms with Crippen molar-refractivity contribution in [3.63, 3.8) is 0 Å². The topological polar surface area (TPSA) is 56.2 Å². The molecule has 4 rings (SSSR count). The van der Waals surface area contributed by atoms with Gasteiger partial charge in [0.1, 0.15) is 11.3 Å². The van der Waals surface area contributed by atoms with Gasteiger partial charge in [-0.3, -0.25) is 4.79 Å². The summed E-state index contributed by atoms with van der Waals surface area (Å²) in [5.41, 5.74) is 9.27. The maximum absolute atomic E-state index is 12.9. The van der Waals surface area contributed by atoms with E-state index in [0.29, 0.717) is 16.8 Å². The number of fused-ring (bicyclic) bond motifs is 4. The molecule has 0 saturated carbocycles. The van der Waals surface area contributed by atoms with Crippen molar-refractivity contribution in [3.05, 3.63) is 64.9 Å². The number of hydrogen-bond acceptors (Lipinski definition) is 3. The zero-order chi connectivity index (χ0) is 14.8. The van der Waals surface area contributed by atoms with Gasteiger partial charge in [0.05, 0.1) is 5.56 Å². The molecule has 0 saturated heterocycles. The van der Waals surface area contributed by atoms with Crippen LogP contribution in [0.5, 0.6) is 0 Å². The number of benzene rings is 2. The number of hydrogen-bond donors (Lipinski definition) is 1. The van der Waals surface area contributed by atoms with Crippen LogP contribution in [0.3, 0.4) is 0 Å². The summed E-state index contributed by atoms with van der Waals surface area (Å²) >= 11 is 0. The minimum atomic E-state index is -0.382. The molecular formula is C18H15NO2. The van der Waals surface area contributed by atoms with Gasteiger partial charge in [-0.2, -0.15) is 0 Å². The molecule has 2 aromatic carbocycles. The third-order valence-corrected chi connectivity index (χ3v) is 4.35. The lowest BCUT2D eigenvalue weighted by molar-refractivity contribution is 0.102. The van der Waals surface area contributed by atoms with Crippen LogP contribution in [0.25, 0.3) is 11.0 Å². The van der Waals surface area contributed by atoms with E-state index in [9.17, 15) is 4.79 Å². The van der Waals surface area contributed by atoms with E-state index in [1.807, 2.05) is 36.4 Å². The van der Waals surface area contributed by atoms with Gasteiger partial charge in [-0.25, -0.2) is 0 Å². The fourth-order valence-electron chi connectivity index (χ4n) is 3.24. The quantitative estimate of drug-likeness (QED) is 0.634. The van der Waals surface area contributed by atoms with Crippen LogP contribution in [0.4, 0.5) is 5.69 Å². The van der Waals surface area contributed by atoms with Gasteiger partial charge in [0.25, 0.3) is 0 Å². The van der Waals surface area contributed by atoms with Crippen molar-refractivity contribution in [2.75, 3.05) is 5.73 Å². The first-order chi connectivity index (χ1) is 10.00. The SMILES string of the molecule is CC1(C)c2cc(N)ccc2C(=O)c2c1oc1ccccc21. The van der Waals surface area contributed by atoms with E-state index in [-0.39, 0.29) is 11.2 Å². The van der Waals surface area contributed by atoms with Crippen molar-refractivity contribution in [1.29, 1.82) is 0 Å². The fourth-order valence-corrected chi connectivity index (χ4v) is 3.24. The van der Waals surface area contributed by atoms with Crippen LogP contribution in [0.2, 0.25) is 0 Å². The molecule has 1 heterocycles. The first kappa shape index (κ1) is 12.2. The Hall–Kier alpha value is -2.55. The first-order valence-electron chi connectivity index (χ1n) is 6.97. The number of anilines is 1. The van der Waals surface area contributed by atoms with Crippen molar-refractivity contribution in [2.24, 2.45) is 0 Å². The van der Waals surface area contributed by atoms with Crippen LogP contribution < -0.4 is 5.73 Å². The molecule has 1 aliphatic carbocycles. The maximum Gasteiger partial charge on any atom is 0.197 e. The Labute approximate surface area is 122 Å². The summed E-state index contributed by atoms with van der Waals surface area (Å²) in [4.78, 5) is 12.9. The summed E-state index contributed by atoms with van der Waals surface area (Å²) in [6.45, 7) is 4.14. The Morgan fingerprint density at radius 2 is 1.86 bits per heavy atom. The zero-order valence-corrected chi connectivity index (χ0v) is 11.9. The van der Waals surface area contributed by atoms with Crippen LogP contribution in [0.15, 0.2) is 46.9 Å². The van der Waals surface area contributed by atoms with Crippen molar-refractivity contribution in [3.8, 4) is 0 Å². The molecule has 1 aliphatic rings. The standard InChI is InChI=1S/C18H15NO2/c1-18(2)13-9-10(19)7-8-11(13)16(20)15-12-5-3-4-6-14(12)21-17(15)18/h3-9H,19H2,1-2H3.